The zero-order valence-corrected chi connectivity index (χ0v) is 11.7. The Balaban J connectivity index is 1.91. The molecule has 3 heterocycles. The van der Waals surface area contributed by atoms with E-state index < -0.39 is 0 Å². The lowest BCUT2D eigenvalue weighted by Gasteiger charge is -2.11. The molecule has 2 aromatic heterocycles. The molecular weight excluding hydrogens is 278 g/mol. The first-order valence-corrected chi connectivity index (χ1v) is 7.64. The summed E-state index contributed by atoms with van der Waals surface area (Å²) < 4.78 is 0. The van der Waals surface area contributed by atoms with Crippen molar-refractivity contribution >= 4 is 33.6 Å². The van der Waals surface area contributed by atoms with Crippen molar-refractivity contribution in [3.05, 3.63) is 38.4 Å². The van der Waals surface area contributed by atoms with Gasteiger partial charge in [0.05, 0.1) is 11.1 Å². The second kappa shape index (κ2) is 5.13. The first-order chi connectivity index (χ1) is 9.29. The second-order valence-corrected chi connectivity index (χ2v) is 6.10. The van der Waals surface area contributed by atoms with Gasteiger partial charge in [-0.1, -0.05) is 0 Å². The minimum absolute atomic E-state index is 0.149. The normalized spacial score (nSPS) is 13.6. The van der Waals surface area contributed by atoms with Crippen LogP contribution in [-0.2, 0) is 13.0 Å². The van der Waals surface area contributed by atoms with Crippen molar-refractivity contribution in [1.29, 1.82) is 5.26 Å². The molecule has 0 saturated heterocycles. The average molecular weight is 289 g/mol. The van der Waals surface area contributed by atoms with E-state index in [4.69, 9.17) is 0 Å². The molecule has 1 aliphatic heterocycles. The summed E-state index contributed by atoms with van der Waals surface area (Å²) in [4.78, 5) is 13.2. The van der Waals surface area contributed by atoms with E-state index in [0.29, 0.717) is 16.1 Å². The number of hydrogen-bond donors (Lipinski definition) is 2. The zero-order valence-electron chi connectivity index (χ0n) is 10.0. The maximum absolute atomic E-state index is 12.0. The molecule has 0 fully saturated rings. The number of rotatable bonds is 2. The van der Waals surface area contributed by atoms with Gasteiger partial charge >= 0.3 is 0 Å². The topological polar surface area (TPSA) is 64.9 Å². The van der Waals surface area contributed by atoms with Crippen molar-refractivity contribution in [2.24, 2.45) is 0 Å². The summed E-state index contributed by atoms with van der Waals surface area (Å²) in [6.07, 6.45) is 0.850. The summed E-state index contributed by atoms with van der Waals surface area (Å²) in [5, 5.41) is 19.8. The van der Waals surface area contributed by atoms with Gasteiger partial charge < -0.3 is 10.6 Å². The Labute approximate surface area is 118 Å². The second-order valence-electron chi connectivity index (χ2n) is 4.21. The van der Waals surface area contributed by atoms with Gasteiger partial charge in [-0.05, 0) is 30.0 Å². The standard InChI is InChI=1S/C13H11N3OS2/c14-5-10-9-1-3-15-6-11(9)19-13(10)16-12(17)8-2-4-18-7-8/h2,4,7,15H,1,3,6H2,(H,16,17). The minimum atomic E-state index is -0.149. The summed E-state index contributed by atoms with van der Waals surface area (Å²) >= 11 is 2.98. The lowest BCUT2D eigenvalue weighted by Crippen LogP contribution is -2.22. The molecule has 0 radical (unpaired) electrons. The molecule has 3 rings (SSSR count). The van der Waals surface area contributed by atoms with Crippen LogP contribution in [-0.4, -0.2) is 12.5 Å². The highest BCUT2D eigenvalue weighted by Gasteiger charge is 2.21. The Bertz CT molecular complexity index is 652. The molecule has 0 unspecified atom stereocenters. The highest BCUT2D eigenvalue weighted by Crippen LogP contribution is 2.35. The molecule has 0 spiro atoms. The molecule has 0 saturated carbocycles. The number of nitriles is 1. The molecule has 2 aromatic rings. The molecule has 1 aliphatic rings. The number of hydrogen-bond acceptors (Lipinski definition) is 5. The third-order valence-electron chi connectivity index (χ3n) is 3.05. The van der Waals surface area contributed by atoms with Crippen LogP contribution in [0.4, 0.5) is 5.00 Å². The lowest BCUT2D eigenvalue weighted by atomic mass is 10.1. The largest absolute Gasteiger partial charge is 0.312 e. The van der Waals surface area contributed by atoms with Crippen molar-refractivity contribution < 1.29 is 4.79 Å². The summed E-state index contributed by atoms with van der Waals surface area (Å²) in [6.45, 7) is 1.67. The van der Waals surface area contributed by atoms with Crippen molar-refractivity contribution in [3.8, 4) is 6.07 Å². The monoisotopic (exact) mass is 289 g/mol. The van der Waals surface area contributed by atoms with E-state index in [9.17, 15) is 10.1 Å². The van der Waals surface area contributed by atoms with Gasteiger partial charge in [-0.3, -0.25) is 4.79 Å². The van der Waals surface area contributed by atoms with E-state index in [0.717, 1.165) is 30.0 Å². The number of nitrogens with one attached hydrogen (secondary N) is 2. The fourth-order valence-electron chi connectivity index (χ4n) is 2.11. The highest BCUT2D eigenvalue weighted by atomic mass is 32.1. The molecule has 4 nitrogen and oxygen atoms in total. The quantitative estimate of drug-likeness (QED) is 0.893. The number of fused-ring (bicyclic) bond motifs is 1. The van der Waals surface area contributed by atoms with E-state index in [-0.39, 0.29) is 5.91 Å². The maximum atomic E-state index is 12.0. The molecule has 1 amide bonds. The van der Waals surface area contributed by atoms with Crippen LogP contribution in [0.25, 0.3) is 0 Å². The number of thiophene rings is 2. The lowest BCUT2D eigenvalue weighted by molar-refractivity contribution is 0.102. The van der Waals surface area contributed by atoms with Gasteiger partial charge in [-0.25, -0.2) is 0 Å². The summed E-state index contributed by atoms with van der Waals surface area (Å²) in [5.74, 6) is -0.149. The van der Waals surface area contributed by atoms with Gasteiger partial charge in [0.25, 0.3) is 5.91 Å². The molecular formula is C13H11N3OS2. The van der Waals surface area contributed by atoms with E-state index >= 15 is 0 Å². The number of nitrogens with zero attached hydrogens (tertiary/aromatic N) is 1. The summed E-state index contributed by atoms with van der Waals surface area (Å²) in [5.41, 5.74) is 2.36. The number of amides is 1. The number of carbonyl (C=O) groups is 1. The van der Waals surface area contributed by atoms with Crippen LogP contribution in [0.2, 0.25) is 0 Å². The van der Waals surface area contributed by atoms with Crippen LogP contribution in [0.5, 0.6) is 0 Å². The van der Waals surface area contributed by atoms with Crippen LogP contribution in [0.3, 0.4) is 0 Å². The Kier molecular flexibility index (Phi) is 3.34. The predicted molar refractivity (Wildman–Crippen MR) is 76.7 cm³/mol. The molecule has 0 aromatic carbocycles. The Hall–Kier alpha value is -1.68. The van der Waals surface area contributed by atoms with Crippen LogP contribution >= 0.6 is 22.7 Å². The average Bonchev–Trinajstić information content (AvgIpc) is 3.05. The van der Waals surface area contributed by atoms with Gasteiger partial charge in [-0.15, -0.1) is 11.3 Å². The molecule has 0 aliphatic carbocycles. The van der Waals surface area contributed by atoms with Gasteiger partial charge in [-0.2, -0.15) is 16.6 Å². The SMILES string of the molecule is N#Cc1c(NC(=O)c2ccsc2)sc2c1CCNC2. The predicted octanol–water partition coefficient (Wildman–Crippen LogP) is 2.58. The van der Waals surface area contributed by atoms with Gasteiger partial charge in [0.2, 0.25) is 0 Å². The van der Waals surface area contributed by atoms with Crippen LogP contribution < -0.4 is 10.6 Å². The van der Waals surface area contributed by atoms with Crippen molar-refractivity contribution in [1.82, 2.24) is 5.32 Å². The van der Waals surface area contributed by atoms with Gasteiger partial charge in [0.15, 0.2) is 0 Å². The van der Waals surface area contributed by atoms with Crippen LogP contribution in [0, 0.1) is 11.3 Å². The fraction of sp³-hybridized carbons (Fsp3) is 0.231. The first kappa shape index (κ1) is 12.4. The van der Waals surface area contributed by atoms with E-state index in [1.54, 1.807) is 11.4 Å². The molecule has 6 heteroatoms. The van der Waals surface area contributed by atoms with Crippen LogP contribution in [0.15, 0.2) is 16.8 Å². The third-order valence-corrected chi connectivity index (χ3v) is 4.88. The molecule has 2 N–H and O–H groups in total. The van der Waals surface area contributed by atoms with Crippen LogP contribution in [0.1, 0.15) is 26.4 Å². The van der Waals surface area contributed by atoms with Crippen molar-refractivity contribution in [2.75, 3.05) is 11.9 Å². The maximum Gasteiger partial charge on any atom is 0.257 e. The first-order valence-electron chi connectivity index (χ1n) is 5.88. The molecule has 0 atom stereocenters. The van der Waals surface area contributed by atoms with Crippen molar-refractivity contribution in [3.63, 3.8) is 0 Å². The summed E-state index contributed by atoms with van der Waals surface area (Å²) in [7, 11) is 0. The Morgan fingerprint density at radius 3 is 3.16 bits per heavy atom. The minimum Gasteiger partial charge on any atom is -0.312 e. The summed E-state index contributed by atoms with van der Waals surface area (Å²) in [6, 6.07) is 4.00. The Morgan fingerprint density at radius 2 is 2.42 bits per heavy atom. The van der Waals surface area contributed by atoms with E-state index in [1.165, 1.54) is 22.7 Å². The van der Waals surface area contributed by atoms with E-state index in [1.807, 2.05) is 5.38 Å². The van der Waals surface area contributed by atoms with Gasteiger partial charge in [0.1, 0.15) is 11.1 Å². The molecule has 19 heavy (non-hydrogen) atoms. The molecule has 96 valence electrons. The number of carbonyl (C=O) groups excluding carboxylic acids is 1. The number of anilines is 1. The third kappa shape index (κ3) is 2.28. The van der Waals surface area contributed by atoms with E-state index in [2.05, 4.69) is 16.7 Å². The van der Waals surface area contributed by atoms with Gasteiger partial charge in [0, 0.05) is 16.8 Å². The fourth-order valence-corrected chi connectivity index (χ4v) is 3.91. The zero-order chi connectivity index (χ0) is 13.2. The smallest absolute Gasteiger partial charge is 0.257 e. The van der Waals surface area contributed by atoms with Crippen molar-refractivity contribution in [2.45, 2.75) is 13.0 Å². The Morgan fingerprint density at radius 1 is 1.53 bits per heavy atom. The molecule has 0 bridgehead atoms. The highest BCUT2D eigenvalue weighted by molar-refractivity contribution is 7.16.